The number of esters is 1. The number of aromatic nitrogens is 2. The van der Waals surface area contributed by atoms with Crippen molar-refractivity contribution in [3.8, 4) is 0 Å². The fraction of sp³-hybridized carbons (Fsp3) is 0.636. The number of methoxy groups -OCH3 is 1. The van der Waals surface area contributed by atoms with Gasteiger partial charge in [0.25, 0.3) is 0 Å². The van der Waals surface area contributed by atoms with E-state index in [0.717, 1.165) is 0 Å². The molecule has 6 heteroatoms. The van der Waals surface area contributed by atoms with E-state index in [2.05, 4.69) is 10.4 Å². The van der Waals surface area contributed by atoms with Crippen LogP contribution >= 0.6 is 0 Å². The van der Waals surface area contributed by atoms with Crippen molar-refractivity contribution in [2.45, 2.75) is 39.8 Å². The lowest BCUT2D eigenvalue weighted by molar-refractivity contribution is 0.0603. The van der Waals surface area contributed by atoms with E-state index in [1.165, 1.54) is 7.11 Å². The minimum atomic E-state index is -0.474. The summed E-state index contributed by atoms with van der Waals surface area (Å²) in [5, 5.41) is 7.39. The third-order valence-corrected chi connectivity index (χ3v) is 2.25. The number of carbonyl (C=O) groups excluding carboxylic acids is 1. The molecule has 0 unspecified atom stereocenters. The Labute approximate surface area is 101 Å². The van der Waals surface area contributed by atoms with Crippen LogP contribution in [-0.2, 0) is 4.74 Å². The van der Waals surface area contributed by atoms with Gasteiger partial charge in [0.15, 0.2) is 5.82 Å². The van der Waals surface area contributed by atoms with Gasteiger partial charge in [-0.05, 0) is 27.7 Å². The molecule has 1 aromatic rings. The van der Waals surface area contributed by atoms with Crippen molar-refractivity contribution in [2.24, 2.45) is 0 Å². The third kappa shape index (κ3) is 2.69. The summed E-state index contributed by atoms with van der Waals surface area (Å²) in [7, 11) is 1.33. The molecule has 0 aliphatic heterocycles. The van der Waals surface area contributed by atoms with Gasteiger partial charge < -0.3 is 15.8 Å². The predicted octanol–water partition coefficient (Wildman–Crippen LogP) is 1.65. The van der Waals surface area contributed by atoms with Crippen LogP contribution in [0.5, 0.6) is 0 Å². The summed E-state index contributed by atoms with van der Waals surface area (Å²) in [6.07, 6.45) is 0. The Morgan fingerprint density at radius 2 is 2.00 bits per heavy atom. The van der Waals surface area contributed by atoms with Crippen LogP contribution in [0.1, 0.15) is 44.1 Å². The topological polar surface area (TPSA) is 82.2 Å². The van der Waals surface area contributed by atoms with Gasteiger partial charge in [-0.25, -0.2) is 9.48 Å². The van der Waals surface area contributed by atoms with Gasteiger partial charge in [-0.2, -0.15) is 5.10 Å². The van der Waals surface area contributed by atoms with Crippen LogP contribution in [0.4, 0.5) is 11.6 Å². The Hall–Kier alpha value is -1.72. The first-order valence-corrected chi connectivity index (χ1v) is 5.61. The van der Waals surface area contributed by atoms with E-state index in [1.807, 2.05) is 27.7 Å². The number of anilines is 2. The molecule has 0 spiro atoms. The van der Waals surface area contributed by atoms with Crippen LogP contribution in [0.2, 0.25) is 0 Å². The fourth-order valence-corrected chi connectivity index (χ4v) is 1.52. The van der Waals surface area contributed by atoms with Gasteiger partial charge in [0.1, 0.15) is 11.4 Å². The summed E-state index contributed by atoms with van der Waals surface area (Å²) in [6, 6.07) is 0.245. The van der Waals surface area contributed by atoms with Crippen molar-refractivity contribution in [3.63, 3.8) is 0 Å². The number of hydrogen-bond acceptors (Lipinski definition) is 5. The third-order valence-electron chi connectivity index (χ3n) is 2.25. The maximum absolute atomic E-state index is 11.7. The number of nitrogens with zero attached hydrogens (tertiary/aromatic N) is 2. The molecule has 0 bridgehead atoms. The monoisotopic (exact) mass is 240 g/mol. The van der Waals surface area contributed by atoms with Gasteiger partial charge in [0.05, 0.1) is 7.11 Å². The molecule has 1 rings (SSSR count). The number of nitrogens with two attached hydrogens (primary N) is 1. The molecule has 0 saturated carbocycles. The highest BCUT2D eigenvalue weighted by Crippen LogP contribution is 2.25. The van der Waals surface area contributed by atoms with Gasteiger partial charge in [0, 0.05) is 12.1 Å². The van der Waals surface area contributed by atoms with E-state index in [1.54, 1.807) is 4.68 Å². The molecule has 17 heavy (non-hydrogen) atoms. The molecule has 0 aliphatic carbocycles. The first-order valence-electron chi connectivity index (χ1n) is 5.61. The summed E-state index contributed by atoms with van der Waals surface area (Å²) in [5.41, 5.74) is 6.22. The standard InChI is InChI=1S/C11H20N4O2/c1-6(2)13-10-8(11(16)17-5)9(12)15(14-10)7(3)4/h6-7H,12H2,1-5H3,(H,13,14). The molecule has 96 valence electrons. The maximum atomic E-state index is 11.7. The van der Waals surface area contributed by atoms with Gasteiger partial charge in [-0.3, -0.25) is 0 Å². The van der Waals surface area contributed by atoms with E-state index in [-0.39, 0.29) is 12.1 Å². The molecular weight excluding hydrogens is 220 g/mol. The Kier molecular flexibility index (Phi) is 3.98. The predicted molar refractivity (Wildman–Crippen MR) is 67.1 cm³/mol. The maximum Gasteiger partial charge on any atom is 0.345 e. The van der Waals surface area contributed by atoms with Crippen molar-refractivity contribution >= 4 is 17.6 Å². The van der Waals surface area contributed by atoms with E-state index >= 15 is 0 Å². The minimum Gasteiger partial charge on any atom is -0.465 e. The zero-order chi connectivity index (χ0) is 13.2. The quantitative estimate of drug-likeness (QED) is 0.782. The van der Waals surface area contributed by atoms with Crippen LogP contribution in [0.3, 0.4) is 0 Å². The SMILES string of the molecule is COC(=O)c1c(NC(C)C)nn(C(C)C)c1N. The molecule has 6 nitrogen and oxygen atoms in total. The second-order valence-electron chi connectivity index (χ2n) is 4.44. The van der Waals surface area contributed by atoms with Crippen molar-refractivity contribution in [3.05, 3.63) is 5.56 Å². The highest BCUT2D eigenvalue weighted by molar-refractivity contribution is 5.99. The molecular formula is C11H20N4O2. The summed E-state index contributed by atoms with van der Waals surface area (Å²) in [6.45, 7) is 7.82. The molecule has 0 fully saturated rings. The largest absolute Gasteiger partial charge is 0.465 e. The van der Waals surface area contributed by atoms with Crippen LogP contribution in [0.25, 0.3) is 0 Å². The van der Waals surface area contributed by atoms with E-state index in [0.29, 0.717) is 17.2 Å². The number of rotatable bonds is 4. The zero-order valence-corrected chi connectivity index (χ0v) is 10.9. The average molecular weight is 240 g/mol. The molecule has 0 atom stereocenters. The molecule has 0 aliphatic rings. The Bertz CT molecular complexity index is 410. The summed E-state index contributed by atoms with van der Waals surface area (Å²) < 4.78 is 6.33. The molecule has 1 aromatic heterocycles. The number of nitrogen functional groups attached to an aromatic ring is 1. The zero-order valence-electron chi connectivity index (χ0n) is 10.9. The molecule has 0 amide bonds. The van der Waals surface area contributed by atoms with Crippen molar-refractivity contribution in [1.29, 1.82) is 0 Å². The Morgan fingerprint density at radius 3 is 2.41 bits per heavy atom. The van der Waals surface area contributed by atoms with E-state index < -0.39 is 5.97 Å². The van der Waals surface area contributed by atoms with Gasteiger partial charge in [-0.1, -0.05) is 0 Å². The molecule has 0 radical (unpaired) electrons. The lowest BCUT2D eigenvalue weighted by Crippen LogP contribution is -2.14. The van der Waals surface area contributed by atoms with Crippen LogP contribution < -0.4 is 11.1 Å². The van der Waals surface area contributed by atoms with Crippen molar-refractivity contribution in [1.82, 2.24) is 9.78 Å². The fourth-order valence-electron chi connectivity index (χ4n) is 1.52. The Morgan fingerprint density at radius 1 is 1.41 bits per heavy atom. The highest BCUT2D eigenvalue weighted by atomic mass is 16.5. The Balaban J connectivity index is 3.26. The summed E-state index contributed by atoms with van der Waals surface area (Å²) >= 11 is 0. The molecule has 0 saturated heterocycles. The highest BCUT2D eigenvalue weighted by Gasteiger charge is 2.24. The first-order chi connectivity index (χ1) is 7.88. The van der Waals surface area contributed by atoms with Gasteiger partial charge >= 0.3 is 5.97 Å². The lowest BCUT2D eigenvalue weighted by atomic mass is 10.2. The van der Waals surface area contributed by atoms with E-state index in [4.69, 9.17) is 10.5 Å². The van der Waals surface area contributed by atoms with Gasteiger partial charge in [-0.15, -0.1) is 0 Å². The number of nitrogens with one attached hydrogen (secondary N) is 1. The molecule has 1 heterocycles. The first kappa shape index (κ1) is 13.3. The number of carbonyl (C=O) groups is 1. The van der Waals surface area contributed by atoms with Crippen LogP contribution in [-0.4, -0.2) is 28.9 Å². The lowest BCUT2D eigenvalue weighted by Gasteiger charge is -2.07. The van der Waals surface area contributed by atoms with Crippen LogP contribution in [0.15, 0.2) is 0 Å². The van der Waals surface area contributed by atoms with Crippen LogP contribution in [0, 0.1) is 0 Å². The second-order valence-corrected chi connectivity index (χ2v) is 4.44. The summed E-state index contributed by atoms with van der Waals surface area (Å²) in [5.74, 6) is 0.325. The van der Waals surface area contributed by atoms with Crippen molar-refractivity contribution < 1.29 is 9.53 Å². The number of hydrogen-bond donors (Lipinski definition) is 2. The summed E-state index contributed by atoms with van der Waals surface area (Å²) in [4.78, 5) is 11.7. The van der Waals surface area contributed by atoms with Crippen molar-refractivity contribution in [2.75, 3.05) is 18.2 Å². The molecule has 0 aromatic carbocycles. The minimum absolute atomic E-state index is 0.0844. The smallest absolute Gasteiger partial charge is 0.345 e. The normalized spacial score (nSPS) is 11.0. The van der Waals surface area contributed by atoms with E-state index in [9.17, 15) is 4.79 Å². The van der Waals surface area contributed by atoms with Gasteiger partial charge in [0.2, 0.25) is 0 Å². The molecule has 3 N–H and O–H groups in total. The second kappa shape index (κ2) is 5.07. The number of ether oxygens (including phenoxy) is 1. The average Bonchev–Trinajstić information content (AvgIpc) is 2.54.